The maximum absolute atomic E-state index is 13.6. The molecule has 0 aliphatic carbocycles. The van der Waals surface area contributed by atoms with Crippen molar-refractivity contribution in [2.45, 2.75) is 26.0 Å². The SMILES string of the molecule is COc1ccc(C2C(=C([O-])c3ccc(OC(C)C)cc3)C(=O)C(=O)N2CC[NH+](C)C)c(OC)c1. The van der Waals surface area contributed by atoms with Crippen LogP contribution in [0.15, 0.2) is 48.0 Å². The van der Waals surface area contributed by atoms with Gasteiger partial charge >= 0.3 is 0 Å². The highest BCUT2D eigenvalue weighted by Gasteiger charge is 2.45. The van der Waals surface area contributed by atoms with E-state index in [-0.39, 0.29) is 11.7 Å². The Hall–Kier alpha value is -3.52. The first-order valence-corrected chi connectivity index (χ1v) is 11.2. The van der Waals surface area contributed by atoms with Crippen molar-refractivity contribution >= 4 is 17.4 Å². The van der Waals surface area contributed by atoms with Gasteiger partial charge in [-0.05, 0) is 43.7 Å². The summed E-state index contributed by atoms with van der Waals surface area (Å²) < 4.78 is 16.5. The van der Waals surface area contributed by atoms with E-state index in [1.807, 2.05) is 27.9 Å². The number of benzene rings is 2. The highest BCUT2D eigenvalue weighted by Crippen LogP contribution is 2.43. The molecule has 2 aromatic carbocycles. The van der Waals surface area contributed by atoms with Crippen LogP contribution in [0.5, 0.6) is 17.2 Å². The molecular formula is C26H32N2O6. The number of carbonyl (C=O) groups is 2. The lowest BCUT2D eigenvalue weighted by Crippen LogP contribution is -3.06. The van der Waals surface area contributed by atoms with E-state index in [9.17, 15) is 14.7 Å². The Kier molecular flexibility index (Phi) is 7.83. The Labute approximate surface area is 200 Å². The molecule has 0 bridgehead atoms. The molecule has 1 amide bonds. The summed E-state index contributed by atoms with van der Waals surface area (Å²) in [6.45, 7) is 4.74. The van der Waals surface area contributed by atoms with Gasteiger partial charge in [0.05, 0.1) is 53.6 Å². The van der Waals surface area contributed by atoms with Gasteiger partial charge in [0, 0.05) is 17.2 Å². The number of nitrogens with one attached hydrogen (secondary N) is 1. The molecule has 34 heavy (non-hydrogen) atoms. The van der Waals surface area contributed by atoms with Crippen LogP contribution < -0.4 is 24.2 Å². The second-order valence-corrected chi connectivity index (χ2v) is 8.73. The van der Waals surface area contributed by atoms with Crippen molar-refractivity contribution in [3.05, 3.63) is 59.2 Å². The molecular weight excluding hydrogens is 436 g/mol. The van der Waals surface area contributed by atoms with Crippen molar-refractivity contribution < 1.29 is 33.8 Å². The predicted octanol–water partition coefficient (Wildman–Crippen LogP) is 0.860. The van der Waals surface area contributed by atoms with E-state index >= 15 is 0 Å². The number of methoxy groups -OCH3 is 2. The van der Waals surface area contributed by atoms with Gasteiger partial charge in [0.1, 0.15) is 17.2 Å². The fourth-order valence-corrected chi connectivity index (χ4v) is 3.93. The van der Waals surface area contributed by atoms with E-state index in [1.54, 1.807) is 42.5 Å². The van der Waals surface area contributed by atoms with Crippen LogP contribution in [0.3, 0.4) is 0 Å². The zero-order chi connectivity index (χ0) is 25.0. The fraction of sp³-hybridized carbons (Fsp3) is 0.385. The van der Waals surface area contributed by atoms with Gasteiger partial charge in [-0.25, -0.2) is 0 Å². The zero-order valence-electron chi connectivity index (χ0n) is 20.5. The first-order valence-electron chi connectivity index (χ1n) is 11.2. The fourth-order valence-electron chi connectivity index (χ4n) is 3.93. The number of likely N-dealkylation sites (N-methyl/N-ethyl adjacent to an activating group) is 1. The monoisotopic (exact) mass is 468 g/mol. The van der Waals surface area contributed by atoms with Crippen molar-refractivity contribution in [1.82, 2.24) is 4.90 Å². The van der Waals surface area contributed by atoms with Crippen LogP contribution in [0, 0.1) is 0 Å². The Morgan fingerprint density at radius 2 is 1.68 bits per heavy atom. The molecule has 1 aliphatic rings. The molecule has 8 nitrogen and oxygen atoms in total. The topological polar surface area (TPSA) is 92.6 Å². The summed E-state index contributed by atoms with van der Waals surface area (Å²) in [5, 5.41) is 13.6. The van der Waals surface area contributed by atoms with Crippen molar-refractivity contribution in [2.75, 3.05) is 41.4 Å². The van der Waals surface area contributed by atoms with Crippen LogP contribution in [0.4, 0.5) is 0 Å². The second kappa shape index (κ2) is 10.6. The third-order valence-electron chi connectivity index (χ3n) is 5.61. The summed E-state index contributed by atoms with van der Waals surface area (Å²) in [5.74, 6) is -0.350. The summed E-state index contributed by atoms with van der Waals surface area (Å²) >= 11 is 0. The first-order chi connectivity index (χ1) is 16.2. The van der Waals surface area contributed by atoms with E-state index < -0.39 is 23.5 Å². The van der Waals surface area contributed by atoms with Crippen LogP contribution in [-0.4, -0.2) is 64.1 Å². The number of hydrogen-bond acceptors (Lipinski definition) is 6. The summed E-state index contributed by atoms with van der Waals surface area (Å²) in [5.41, 5.74) is 0.781. The van der Waals surface area contributed by atoms with Crippen LogP contribution in [0.1, 0.15) is 31.0 Å². The van der Waals surface area contributed by atoms with E-state index in [1.165, 1.54) is 19.1 Å². The summed E-state index contributed by atoms with van der Waals surface area (Å²) in [4.78, 5) is 28.8. The van der Waals surface area contributed by atoms with Gasteiger partial charge in [-0.1, -0.05) is 17.9 Å². The standard InChI is InChI=1S/C26H32N2O6/c1-16(2)34-18-9-7-17(8-10-18)24(29)22-23(20-12-11-19(32-5)15-21(20)33-6)28(14-13-27(3)4)26(31)25(22)30/h7-12,15-16,23,29H,13-14H2,1-6H3. The maximum Gasteiger partial charge on any atom is 0.295 e. The molecule has 1 atom stereocenters. The van der Waals surface area contributed by atoms with E-state index in [0.717, 1.165) is 4.90 Å². The lowest BCUT2D eigenvalue weighted by Gasteiger charge is -2.29. The highest BCUT2D eigenvalue weighted by atomic mass is 16.5. The molecule has 182 valence electrons. The predicted molar refractivity (Wildman–Crippen MR) is 126 cm³/mol. The number of likely N-dealkylation sites (tertiary alicyclic amines) is 1. The average molecular weight is 469 g/mol. The lowest BCUT2D eigenvalue weighted by molar-refractivity contribution is -0.857. The highest BCUT2D eigenvalue weighted by molar-refractivity contribution is 6.46. The molecule has 1 unspecified atom stereocenters. The van der Waals surface area contributed by atoms with Crippen molar-refractivity contribution in [1.29, 1.82) is 0 Å². The molecule has 1 fully saturated rings. The minimum Gasteiger partial charge on any atom is -0.872 e. The summed E-state index contributed by atoms with van der Waals surface area (Å²) in [6, 6.07) is 10.9. The Morgan fingerprint density at radius 3 is 2.24 bits per heavy atom. The van der Waals surface area contributed by atoms with Crippen molar-refractivity contribution in [3.63, 3.8) is 0 Å². The number of amides is 1. The van der Waals surface area contributed by atoms with Crippen LogP contribution in [0.25, 0.3) is 5.76 Å². The van der Waals surface area contributed by atoms with Crippen LogP contribution >= 0.6 is 0 Å². The zero-order valence-corrected chi connectivity index (χ0v) is 20.5. The molecule has 0 spiro atoms. The van der Waals surface area contributed by atoms with Gasteiger partial charge in [-0.15, -0.1) is 0 Å². The van der Waals surface area contributed by atoms with Gasteiger partial charge in [0.15, 0.2) is 0 Å². The Morgan fingerprint density at radius 1 is 1.03 bits per heavy atom. The molecule has 1 heterocycles. The van der Waals surface area contributed by atoms with E-state index in [0.29, 0.717) is 41.5 Å². The van der Waals surface area contributed by atoms with Gasteiger partial charge in [-0.3, -0.25) is 9.59 Å². The van der Waals surface area contributed by atoms with Crippen molar-refractivity contribution in [3.8, 4) is 17.2 Å². The average Bonchev–Trinajstić information content (AvgIpc) is 3.06. The molecule has 3 rings (SSSR count). The van der Waals surface area contributed by atoms with Crippen LogP contribution in [0.2, 0.25) is 0 Å². The van der Waals surface area contributed by atoms with Gasteiger partial charge in [0.25, 0.3) is 5.91 Å². The number of rotatable bonds is 9. The molecule has 1 aliphatic heterocycles. The Balaban J connectivity index is 2.15. The largest absolute Gasteiger partial charge is 0.872 e. The molecule has 8 heteroatoms. The van der Waals surface area contributed by atoms with Gasteiger partial charge in [0.2, 0.25) is 5.78 Å². The van der Waals surface area contributed by atoms with E-state index in [4.69, 9.17) is 14.2 Å². The van der Waals surface area contributed by atoms with Gasteiger partial charge < -0.3 is 29.1 Å². The van der Waals surface area contributed by atoms with E-state index in [2.05, 4.69) is 0 Å². The summed E-state index contributed by atoms with van der Waals surface area (Å²) in [7, 11) is 6.96. The number of nitrogens with zero attached hydrogens (tertiary/aromatic N) is 1. The molecule has 0 saturated carbocycles. The molecule has 0 radical (unpaired) electrons. The minimum absolute atomic E-state index is 0.00994. The number of quaternary nitrogens is 1. The minimum atomic E-state index is -0.862. The number of hydrogen-bond donors (Lipinski definition) is 1. The van der Waals surface area contributed by atoms with Crippen molar-refractivity contribution in [2.24, 2.45) is 0 Å². The number of Topliss-reactive ketones (excluding diaryl/α,β-unsaturated/α-hetero) is 1. The number of carbonyl (C=O) groups excluding carboxylic acids is 2. The third kappa shape index (κ3) is 5.17. The maximum atomic E-state index is 13.6. The molecule has 2 aromatic rings. The van der Waals surface area contributed by atoms with Crippen LogP contribution in [-0.2, 0) is 9.59 Å². The molecule has 1 saturated heterocycles. The first kappa shape index (κ1) is 25.1. The quantitative estimate of drug-likeness (QED) is 0.333. The second-order valence-electron chi connectivity index (χ2n) is 8.73. The molecule has 1 N–H and O–H groups in total. The molecule has 0 aromatic heterocycles. The van der Waals surface area contributed by atoms with Gasteiger partial charge in [-0.2, -0.15) is 0 Å². The normalized spacial score (nSPS) is 17.5. The Bertz CT molecular complexity index is 1080. The number of ether oxygens (including phenoxy) is 3. The summed E-state index contributed by atoms with van der Waals surface area (Å²) in [6.07, 6.45) is -0.00994. The third-order valence-corrected chi connectivity index (χ3v) is 5.61. The number of ketones is 1. The smallest absolute Gasteiger partial charge is 0.295 e. The lowest BCUT2D eigenvalue weighted by atomic mass is 9.94.